The van der Waals surface area contributed by atoms with Gasteiger partial charge in [-0.2, -0.15) is 0 Å². The van der Waals surface area contributed by atoms with Gasteiger partial charge in [0.1, 0.15) is 6.17 Å². The summed E-state index contributed by atoms with van der Waals surface area (Å²) >= 11 is 0. The van der Waals surface area contributed by atoms with Crippen LogP contribution < -0.4 is 10.6 Å². The molecule has 3 nitrogen and oxygen atoms in total. The first-order valence-corrected chi connectivity index (χ1v) is 4.27. The van der Waals surface area contributed by atoms with Crippen molar-refractivity contribution in [1.29, 1.82) is 0 Å². The lowest BCUT2D eigenvalue weighted by Crippen LogP contribution is -2.43. The van der Waals surface area contributed by atoms with E-state index in [4.69, 9.17) is 0 Å². The lowest BCUT2D eigenvalue weighted by molar-refractivity contribution is -0.123. The highest BCUT2D eigenvalue weighted by molar-refractivity contribution is 5.85. The topological polar surface area (TPSA) is 41.1 Å². The maximum absolute atomic E-state index is 12.6. The quantitative estimate of drug-likeness (QED) is 0.702. The zero-order valence-electron chi connectivity index (χ0n) is 7.84. The van der Waals surface area contributed by atoms with Gasteiger partial charge >= 0.3 is 0 Å². The summed E-state index contributed by atoms with van der Waals surface area (Å²) in [5, 5.41) is 5.56. The summed E-state index contributed by atoms with van der Waals surface area (Å²) in [4.78, 5) is 11.3. The lowest BCUT2D eigenvalue weighted by Gasteiger charge is -2.12. The molecule has 0 aliphatic carbocycles. The van der Waals surface area contributed by atoms with Gasteiger partial charge < -0.3 is 10.6 Å². The van der Waals surface area contributed by atoms with Crippen molar-refractivity contribution in [2.45, 2.75) is 38.5 Å². The van der Waals surface area contributed by atoms with E-state index in [1.54, 1.807) is 0 Å². The van der Waals surface area contributed by atoms with E-state index in [1.807, 2.05) is 13.8 Å². The fourth-order valence-electron chi connectivity index (χ4n) is 1.28. The molecule has 2 atom stereocenters. The minimum Gasteiger partial charge on any atom is -0.353 e. The summed E-state index contributed by atoms with van der Waals surface area (Å²) in [5.41, 5.74) is 0. The number of amides is 1. The summed E-state index contributed by atoms with van der Waals surface area (Å²) in [5.74, 6) is -0.0925. The van der Waals surface area contributed by atoms with Crippen LogP contribution in [0.15, 0.2) is 0 Å². The minimum atomic E-state index is -0.868. The Kier molecular flexibility index (Phi) is 5.25. The van der Waals surface area contributed by atoms with Crippen molar-refractivity contribution in [1.82, 2.24) is 10.6 Å². The Bertz CT molecular complexity index is 178. The molecule has 0 saturated carbocycles. The Morgan fingerprint density at radius 3 is 2.62 bits per heavy atom. The first-order chi connectivity index (χ1) is 5.59. The van der Waals surface area contributed by atoms with Gasteiger partial charge in [0.05, 0.1) is 6.04 Å². The largest absolute Gasteiger partial charge is 0.353 e. The van der Waals surface area contributed by atoms with Gasteiger partial charge in [-0.3, -0.25) is 4.79 Å². The van der Waals surface area contributed by atoms with Gasteiger partial charge in [0, 0.05) is 19.0 Å². The van der Waals surface area contributed by atoms with Crippen molar-refractivity contribution in [3.8, 4) is 0 Å². The molecule has 1 amide bonds. The second kappa shape index (κ2) is 5.40. The molecular formula is C8H16ClFN2O. The van der Waals surface area contributed by atoms with Crippen LogP contribution in [0.4, 0.5) is 4.39 Å². The Morgan fingerprint density at radius 2 is 2.23 bits per heavy atom. The Labute approximate surface area is 83.9 Å². The molecule has 1 aliphatic heterocycles. The van der Waals surface area contributed by atoms with Crippen LogP contribution in [-0.2, 0) is 4.79 Å². The summed E-state index contributed by atoms with van der Waals surface area (Å²) in [7, 11) is 0. The standard InChI is InChI=1S/C8H15FN2O.ClH/c1-5(2)11-8(12)7-3-6(9)4-10-7;/h5-7,10H,3-4H2,1-2H3,(H,11,12);1H/t6-,7+;/m0./s1. The van der Waals surface area contributed by atoms with E-state index in [9.17, 15) is 9.18 Å². The zero-order chi connectivity index (χ0) is 9.14. The molecule has 0 aromatic carbocycles. The molecule has 1 heterocycles. The second-order valence-corrected chi connectivity index (χ2v) is 3.46. The van der Waals surface area contributed by atoms with Gasteiger partial charge in [-0.25, -0.2) is 4.39 Å². The van der Waals surface area contributed by atoms with Crippen LogP contribution in [-0.4, -0.2) is 30.7 Å². The van der Waals surface area contributed by atoms with Gasteiger partial charge in [0.15, 0.2) is 0 Å². The molecule has 0 aromatic heterocycles. The van der Waals surface area contributed by atoms with E-state index in [1.165, 1.54) is 0 Å². The smallest absolute Gasteiger partial charge is 0.237 e. The summed E-state index contributed by atoms with van der Waals surface area (Å²) in [6, 6.07) is -0.208. The Balaban J connectivity index is 0.00000144. The number of nitrogens with one attached hydrogen (secondary N) is 2. The normalized spacial score (nSPS) is 27.1. The molecule has 5 heteroatoms. The second-order valence-electron chi connectivity index (χ2n) is 3.46. The first-order valence-electron chi connectivity index (χ1n) is 4.27. The molecule has 1 saturated heterocycles. The Morgan fingerprint density at radius 1 is 1.62 bits per heavy atom. The highest BCUT2D eigenvalue weighted by atomic mass is 35.5. The highest BCUT2D eigenvalue weighted by Gasteiger charge is 2.29. The van der Waals surface area contributed by atoms with E-state index in [2.05, 4.69) is 10.6 Å². The molecule has 0 radical (unpaired) electrons. The van der Waals surface area contributed by atoms with Crippen LogP contribution in [0.3, 0.4) is 0 Å². The van der Waals surface area contributed by atoms with Crippen LogP contribution in [0, 0.1) is 0 Å². The van der Waals surface area contributed by atoms with E-state index in [0.717, 1.165) is 0 Å². The molecule has 1 rings (SSSR count). The molecule has 0 bridgehead atoms. The van der Waals surface area contributed by atoms with Crippen LogP contribution in [0.2, 0.25) is 0 Å². The van der Waals surface area contributed by atoms with E-state index in [0.29, 0.717) is 13.0 Å². The molecule has 0 spiro atoms. The van der Waals surface area contributed by atoms with E-state index < -0.39 is 6.17 Å². The number of halogens is 2. The van der Waals surface area contributed by atoms with Gasteiger partial charge in [-0.1, -0.05) is 0 Å². The molecule has 1 aliphatic rings. The number of alkyl halides is 1. The minimum absolute atomic E-state index is 0. The van der Waals surface area contributed by atoms with Crippen molar-refractivity contribution in [3.05, 3.63) is 0 Å². The third kappa shape index (κ3) is 3.91. The maximum Gasteiger partial charge on any atom is 0.237 e. The third-order valence-corrected chi connectivity index (χ3v) is 1.82. The van der Waals surface area contributed by atoms with Gasteiger partial charge in [-0.05, 0) is 13.8 Å². The molecule has 13 heavy (non-hydrogen) atoms. The average Bonchev–Trinajstić information content (AvgIpc) is 2.34. The predicted molar refractivity (Wildman–Crippen MR) is 51.8 cm³/mol. The lowest BCUT2D eigenvalue weighted by atomic mass is 10.2. The molecular weight excluding hydrogens is 195 g/mol. The molecule has 2 N–H and O–H groups in total. The monoisotopic (exact) mass is 210 g/mol. The van der Waals surface area contributed by atoms with Crippen molar-refractivity contribution in [3.63, 3.8) is 0 Å². The van der Waals surface area contributed by atoms with Crippen LogP contribution in [0.5, 0.6) is 0 Å². The molecule has 0 unspecified atom stereocenters. The van der Waals surface area contributed by atoms with E-state index >= 15 is 0 Å². The summed E-state index contributed by atoms with van der Waals surface area (Å²) < 4.78 is 12.6. The fourth-order valence-corrected chi connectivity index (χ4v) is 1.28. The predicted octanol–water partition coefficient (Wildman–Crippen LogP) is 0.633. The SMILES string of the molecule is CC(C)NC(=O)[C@H]1C[C@H](F)CN1.Cl. The van der Waals surface area contributed by atoms with Crippen molar-refractivity contribution >= 4 is 18.3 Å². The molecule has 78 valence electrons. The maximum atomic E-state index is 12.6. The number of rotatable bonds is 2. The van der Waals surface area contributed by atoms with Gasteiger partial charge in [0.2, 0.25) is 5.91 Å². The fraction of sp³-hybridized carbons (Fsp3) is 0.875. The van der Waals surface area contributed by atoms with E-state index in [-0.39, 0.29) is 30.4 Å². The Hall–Kier alpha value is -0.350. The third-order valence-electron chi connectivity index (χ3n) is 1.82. The summed E-state index contributed by atoms with van der Waals surface area (Å²) in [6.45, 7) is 4.08. The van der Waals surface area contributed by atoms with Gasteiger partial charge in [0.25, 0.3) is 0 Å². The zero-order valence-corrected chi connectivity index (χ0v) is 8.66. The van der Waals surface area contributed by atoms with Crippen LogP contribution >= 0.6 is 12.4 Å². The highest BCUT2D eigenvalue weighted by Crippen LogP contribution is 2.09. The molecule has 1 fully saturated rings. The van der Waals surface area contributed by atoms with Crippen molar-refractivity contribution < 1.29 is 9.18 Å². The van der Waals surface area contributed by atoms with Crippen LogP contribution in [0.1, 0.15) is 20.3 Å². The van der Waals surface area contributed by atoms with Crippen LogP contribution in [0.25, 0.3) is 0 Å². The number of carbonyl (C=O) groups is 1. The number of carbonyl (C=O) groups excluding carboxylic acids is 1. The first kappa shape index (κ1) is 12.7. The molecule has 0 aromatic rings. The number of hydrogen-bond acceptors (Lipinski definition) is 2. The van der Waals surface area contributed by atoms with Crippen molar-refractivity contribution in [2.75, 3.05) is 6.54 Å². The summed E-state index contributed by atoms with van der Waals surface area (Å²) in [6.07, 6.45) is -0.564. The average molecular weight is 211 g/mol. The number of hydrogen-bond donors (Lipinski definition) is 2. The van der Waals surface area contributed by atoms with Gasteiger partial charge in [-0.15, -0.1) is 12.4 Å². The van der Waals surface area contributed by atoms with Crippen molar-refractivity contribution in [2.24, 2.45) is 0 Å².